The second-order valence-electron chi connectivity index (χ2n) is 7.75. The molecule has 1 heterocycles. The highest BCUT2D eigenvalue weighted by atomic mass is 32.2. The monoisotopic (exact) mass is 498 g/mol. The Morgan fingerprint density at radius 1 is 0.857 bits per heavy atom. The van der Waals surface area contributed by atoms with E-state index in [0.29, 0.717) is 11.3 Å². The molecule has 0 spiro atoms. The summed E-state index contributed by atoms with van der Waals surface area (Å²) in [5.74, 6) is -0.763. The fourth-order valence-electron chi connectivity index (χ4n) is 3.58. The summed E-state index contributed by atoms with van der Waals surface area (Å²) in [7, 11) is 0. The number of carbonyl (C=O) groups excluding carboxylic acids is 2. The summed E-state index contributed by atoms with van der Waals surface area (Å²) in [6.07, 6.45) is 0. The molecule has 35 heavy (non-hydrogen) atoms. The van der Waals surface area contributed by atoms with Gasteiger partial charge in [0.1, 0.15) is 5.82 Å². The Bertz CT molecular complexity index is 1520. The minimum absolute atomic E-state index is 0.0107. The average Bonchev–Trinajstić information content (AvgIpc) is 3.30. The maximum atomic E-state index is 13.9. The Hall–Kier alpha value is -3.81. The second-order valence-corrected chi connectivity index (χ2v) is 10.0. The number of carbonyl (C=O) groups is 2. The van der Waals surface area contributed by atoms with Gasteiger partial charge in [0.2, 0.25) is 0 Å². The highest BCUT2D eigenvalue weighted by Gasteiger charge is 2.13. The van der Waals surface area contributed by atoms with Crippen molar-refractivity contribution >= 4 is 50.7 Å². The van der Waals surface area contributed by atoms with Crippen LogP contribution in [-0.4, -0.2) is 22.4 Å². The van der Waals surface area contributed by atoms with Crippen LogP contribution in [0.25, 0.3) is 21.3 Å². The molecular formula is C28H19FN2O2S2. The first-order chi connectivity index (χ1) is 17.1. The zero-order valence-electron chi connectivity index (χ0n) is 18.4. The quantitative estimate of drug-likeness (QED) is 0.189. The Balaban J connectivity index is 1.23. The van der Waals surface area contributed by atoms with Gasteiger partial charge in [0.25, 0.3) is 5.91 Å². The third kappa shape index (κ3) is 5.31. The number of thioether (sulfide) groups is 1. The van der Waals surface area contributed by atoms with E-state index in [-0.39, 0.29) is 17.1 Å². The fourth-order valence-corrected chi connectivity index (χ4v) is 5.58. The number of nitrogens with zero attached hydrogens (tertiary/aromatic N) is 1. The molecule has 1 aromatic heterocycles. The number of Topliss-reactive ketones (excluding diaryl/α,β-unsaturated/α-hetero) is 1. The molecule has 4 nitrogen and oxygen atoms in total. The maximum Gasteiger partial charge on any atom is 0.258 e. The van der Waals surface area contributed by atoms with Crippen molar-refractivity contribution in [3.63, 3.8) is 0 Å². The van der Waals surface area contributed by atoms with Crippen LogP contribution in [0.4, 0.5) is 10.1 Å². The molecule has 0 radical (unpaired) electrons. The molecular weight excluding hydrogens is 479 g/mol. The van der Waals surface area contributed by atoms with Crippen LogP contribution < -0.4 is 5.32 Å². The Morgan fingerprint density at radius 3 is 2.34 bits per heavy atom. The molecule has 7 heteroatoms. The first kappa shape index (κ1) is 23.0. The fraction of sp³-hybridized carbons (Fsp3) is 0.0357. The first-order valence-electron chi connectivity index (χ1n) is 10.8. The van der Waals surface area contributed by atoms with Crippen molar-refractivity contribution in [1.29, 1.82) is 0 Å². The van der Waals surface area contributed by atoms with Crippen molar-refractivity contribution in [1.82, 2.24) is 4.98 Å². The molecule has 1 amide bonds. The number of hydrogen-bond donors (Lipinski definition) is 1. The van der Waals surface area contributed by atoms with Crippen LogP contribution in [0, 0.1) is 5.82 Å². The third-order valence-corrected chi connectivity index (χ3v) is 7.55. The molecule has 0 aliphatic rings. The summed E-state index contributed by atoms with van der Waals surface area (Å²) < 4.78 is 15.5. The van der Waals surface area contributed by atoms with Crippen molar-refractivity contribution in [3.8, 4) is 11.1 Å². The minimum atomic E-state index is -0.568. The Morgan fingerprint density at radius 2 is 1.57 bits per heavy atom. The average molecular weight is 499 g/mol. The van der Waals surface area contributed by atoms with Gasteiger partial charge < -0.3 is 5.32 Å². The first-order valence-corrected chi connectivity index (χ1v) is 12.6. The van der Waals surface area contributed by atoms with Gasteiger partial charge in [-0.3, -0.25) is 9.59 Å². The Kier molecular flexibility index (Phi) is 6.70. The number of rotatable bonds is 7. The van der Waals surface area contributed by atoms with Gasteiger partial charge in [-0.2, -0.15) is 0 Å². The van der Waals surface area contributed by atoms with E-state index < -0.39 is 11.7 Å². The predicted molar refractivity (Wildman–Crippen MR) is 141 cm³/mol. The lowest BCUT2D eigenvalue weighted by atomic mass is 10.0. The normalized spacial score (nSPS) is 10.9. The number of benzene rings is 4. The maximum absolute atomic E-state index is 13.9. The molecule has 0 aliphatic carbocycles. The van der Waals surface area contributed by atoms with Gasteiger partial charge in [-0.05, 0) is 41.5 Å². The number of aromatic nitrogens is 1. The van der Waals surface area contributed by atoms with Gasteiger partial charge in [-0.1, -0.05) is 78.5 Å². The summed E-state index contributed by atoms with van der Waals surface area (Å²) in [6, 6.07) is 28.9. The number of anilines is 1. The van der Waals surface area contributed by atoms with E-state index in [1.807, 2.05) is 54.6 Å². The van der Waals surface area contributed by atoms with Gasteiger partial charge in [0.15, 0.2) is 10.1 Å². The van der Waals surface area contributed by atoms with Gasteiger partial charge in [0, 0.05) is 11.3 Å². The number of thiazole rings is 1. The molecule has 1 N–H and O–H groups in total. The van der Waals surface area contributed by atoms with Crippen LogP contribution in [0.3, 0.4) is 0 Å². The zero-order chi connectivity index (χ0) is 24.2. The second kappa shape index (κ2) is 10.2. The van der Waals surface area contributed by atoms with Crippen molar-refractivity contribution in [2.45, 2.75) is 4.34 Å². The minimum Gasteiger partial charge on any atom is -0.322 e. The molecule has 0 fully saturated rings. The lowest BCUT2D eigenvalue weighted by molar-refractivity contribution is 0.101. The van der Waals surface area contributed by atoms with Gasteiger partial charge in [-0.25, -0.2) is 9.37 Å². The predicted octanol–water partition coefficient (Wildman–Crippen LogP) is 7.33. The van der Waals surface area contributed by atoms with Crippen molar-refractivity contribution < 1.29 is 14.0 Å². The van der Waals surface area contributed by atoms with E-state index in [0.717, 1.165) is 25.7 Å². The largest absolute Gasteiger partial charge is 0.322 e. The third-order valence-electron chi connectivity index (χ3n) is 5.39. The molecule has 5 rings (SSSR count). The molecule has 172 valence electrons. The van der Waals surface area contributed by atoms with Gasteiger partial charge >= 0.3 is 0 Å². The van der Waals surface area contributed by atoms with E-state index in [9.17, 15) is 14.0 Å². The summed E-state index contributed by atoms with van der Waals surface area (Å²) in [5, 5.41) is 2.73. The number of halogens is 1. The smallest absolute Gasteiger partial charge is 0.258 e. The molecule has 5 aromatic rings. The van der Waals surface area contributed by atoms with E-state index >= 15 is 0 Å². The number of hydrogen-bond acceptors (Lipinski definition) is 5. The topological polar surface area (TPSA) is 59.1 Å². The van der Waals surface area contributed by atoms with E-state index in [2.05, 4.69) is 10.3 Å². The standard InChI is InChI=1S/C28H19FN2O2S2/c29-23-9-5-4-8-22(23)27(33)30-21-14-15-24-26(16-21)35-28(31-24)34-17-25(32)20-12-10-19(11-13-20)18-6-2-1-3-7-18/h1-16H,17H2,(H,30,33). The summed E-state index contributed by atoms with van der Waals surface area (Å²) in [5.41, 5.74) is 4.17. The number of ketones is 1. The summed E-state index contributed by atoms with van der Waals surface area (Å²) in [6.45, 7) is 0. The van der Waals surface area contributed by atoms with Crippen LogP contribution in [0.5, 0.6) is 0 Å². The molecule has 0 aliphatic heterocycles. The van der Waals surface area contributed by atoms with Crippen LogP contribution in [0.2, 0.25) is 0 Å². The molecule has 4 aromatic carbocycles. The molecule has 0 unspecified atom stereocenters. The number of amides is 1. The molecule has 0 bridgehead atoms. The highest BCUT2D eigenvalue weighted by Crippen LogP contribution is 2.32. The SMILES string of the molecule is O=C(CSc1nc2ccc(NC(=O)c3ccccc3F)cc2s1)c1ccc(-c2ccccc2)cc1. The lowest BCUT2D eigenvalue weighted by Crippen LogP contribution is -2.13. The van der Waals surface area contributed by atoms with Crippen LogP contribution >= 0.6 is 23.1 Å². The van der Waals surface area contributed by atoms with E-state index in [4.69, 9.17) is 0 Å². The van der Waals surface area contributed by atoms with Crippen molar-refractivity contribution in [3.05, 3.63) is 114 Å². The van der Waals surface area contributed by atoms with Gasteiger partial charge in [-0.15, -0.1) is 11.3 Å². The van der Waals surface area contributed by atoms with Crippen LogP contribution in [-0.2, 0) is 0 Å². The summed E-state index contributed by atoms with van der Waals surface area (Å²) >= 11 is 2.84. The Labute approximate surface area is 209 Å². The number of fused-ring (bicyclic) bond motifs is 1. The van der Waals surface area contributed by atoms with Crippen LogP contribution in [0.1, 0.15) is 20.7 Å². The van der Waals surface area contributed by atoms with Gasteiger partial charge in [0.05, 0.1) is 21.5 Å². The summed E-state index contributed by atoms with van der Waals surface area (Å²) in [4.78, 5) is 29.7. The highest BCUT2D eigenvalue weighted by molar-refractivity contribution is 8.01. The van der Waals surface area contributed by atoms with E-state index in [1.54, 1.807) is 30.3 Å². The lowest BCUT2D eigenvalue weighted by Gasteiger charge is -2.05. The molecule has 0 saturated carbocycles. The van der Waals surface area contributed by atoms with Crippen molar-refractivity contribution in [2.24, 2.45) is 0 Å². The van der Waals surface area contributed by atoms with Crippen molar-refractivity contribution in [2.75, 3.05) is 11.1 Å². The molecule has 0 atom stereocenters. The molecule has 0 saturated heterocycles. The zero-order valence-corrected chi connectivity index (χ0v) is 20.0. The van der Waals surface area contributed by atoms with E-state index in [1.165, 1.54) is 35.2 Å². The van der Waals surface area contributed by atoms with Crippen LogP contribution in [0.15, 0.2) is 101 Å². The number of nitrogens with one attached hydrogen (secondary N) is 1.